The average molecular weight is 404 g/mol. The van der Waals surface area contributed by atoms with Crippen LogP contribution in [0.4, 0.5) is 10.6 Å². The fourth-order valence-electron chi connectivity index (χ4n) is 2.02. The molecule has 1 aliphatic rings. The number of alkyl halides is 1. The third-order valence-electron chi connectivity index (χ3n) is 2.90. The van der Waals surface area contributed by atoms with Gasteiger partial charge in [0.25, 0.3) is 0 Å². The van der Waals surface area contributed by atoms with Crippen LogP contribution in [0.5, 0.6) is 5.75 Å². The number of rotatable bonds is 2. The summed E-state index contributed by atoms with van der Waals surface area (Å²) in [7, 11) is 0. The van der Waals surface area contributed by atoms with Crippen LogP contribution < -0.4 is 9.64 Å². The summed E-state index contributed by atoms with van der Waals surface area (Å²) < 4.78 is 12.1. The Kier molecular flexibility index (Phi) is 5.29. The van der Waals surface area contributed by atoms with E-state index in [2.05, 4.69) is 27.6 Å². The number of pyridine rings is 1. The van der Waals surface area contributed by atoms with Gasteiger partial charge in [-0.15, -0.1) is 0 Å². The summed E-state index contributed by atoms with van der Waals surface area (Å²) in [6.45, 7) is 6.72. The van der Waals surface area contributed by atoms with Crippen molar-refractivity contribution in [3.8, 4) is 5.75 Å². The monoisotopic (exact) mass is 404 g/mol. The number of aryl methyl sites for hydroxylation is 1. The first kappa shape index (κ1) is 16.3. The molecule has 21 heavy (non-hydrogen) atoms. The van der Waals surface area contributed by atoms with Crippen molar-refractivity contribution in [2.24, 2.45) is 0 Å². The van der Waals surface area contributed by atoms with Crippen molar-refractivity contribution in [2.45, 2.75) is 39.2 Å². The van der Waals surface area contributed by atoms with Gasteiger partial charge in [-0.1, -0.05) is 22.6 Å². The molecule has 1 aromatic rings. The van der Waals surface area contributed by atoms with Crippen LogP contribution in [0, 0.1) is 0 Å². The van der Waals surface area contributed by atoms with Gasteiger partial charge in [-0.2, -0.15) is 0 Å². The van der Waals surface area contributed by atoms with E-state index in [0.717, 1.165) is 23.0 Å². The minimum absolute atomic E-state index is 0.367. The zero-order valence-electron chi connectivity index (χ0n) is 12.7. The molecule has 1 amide bonds. The van der Waals surface area contributed by atoms with Crippen LogP contribution in [0.1, 0.15) is 32.9 Å². The highest BCUT2D eigenvalue weighted by Gasteiger charge is 2.28. The molecule has 2 heterocycles. The third-order valence-corrected chi connectivity index (χ3v) is 3.44. The second kappa shape index (κ2) is 6.81. The van der Waals surface area contributed by atoms with Gasteiger partial charge >= 0.3 is 6.09 Å². The smallest absolute Gasteiger partial charge is 0.416 e. The normalized spacial score (nSPS) is 15.0. The first-order valence-electron chi connectivity index (χ1n) is 7.10. The maximum absolute atomic E-state index is 12.4. The molecule has 5 nitrogen and oxygen atoms in total. The molecule has 116 valence electrons. The molecule has 0 saturated heterocycles. The van der Waals surface area contributed by atoms with E-state index in [0.29, 0.717) is 24.7 Å². The Morgan fingerprint density at radius 2 is 2.24 bits per heavy atom. The molecule has 1 aromatic heterocycles. The standard InChI is InChI=1S/C15H21IN2O3/c1-15(2,3)21-14(19)18-9-4-10-20-12-6-5-11(7-8-16)17-13(12)18/h5-6H,4,7-10H2,1-3H3. The zero-order valence-corrected chi connectivity index (χ0v) is 14.8. The maximum atomic E-state index is 12.4. The number of hydrogen-bond donors (Lipinski definition) is 0. The summed E-state index contributed by atoms with van der Waals surface area (Å²) in [5, 5.41) is 0. The van der Waals surface area contributed by atoms with Gasteiger partial charge in [0.05, 0.1) is 6.61 Å². The maximum Gasteiger partial charge on any atom is 0.416 e. The molecule has 0 fully saturated rings. The molecule has 0 saturated carbocycles. The SMILES string of the molecule is CC(C)(C)OC(=O)N1CCCOc2ccc(CCI)nc21. The van der Waals surface area contributed by atoms with Crippen LogP contribution in [-0.2, 0) is 11.2 Å². The van der Waals surface area contributed by atoms with Crippen LogP contribution in [-0.4, -0.2) is 34.3 Å². The predicted molar refractivity (Wildman–Crippen MR) is 90.5 cm³/mol. The molecular formula is C15H21IN2O3. The van der Waals surface area contributed by atoms with Crippen LogP contribution in [0.15, 0.2) is 12.1 Å². The van der Waals surface area contributed by atoms with Crippen molar-refractivity contribution in [3.63, 3.8) is 0 Å². The first-order valence-corrected chi connectivity index (χ1v) is 8.62. The lowest BCUT2D eigenvalue weighted by Gasteiger charge is -2.26. The van der Waals surface area contributed by atoms with E-state index in [1.165, 1.54) is 0 Å². The highest BCUT2D eigenvalue weighted by atomic mass is 127. The molecule has 2 rings (SSSR count). The number of carbonyl (C=O) groups excluding carboxylic acids is 1. The number of carbonyl (C=O) groups is 1. The number of anilines is 1. The van der Waals surface area contributed by atoms with Crippen LogP contribution in [0.3, 0.4) is 0 Å². The summed E-state index contributed by atoms with van der Waals surface area (Å²) in [5.41, 5.74) is 0.437. The molecular weight excluding hydrogens is 383 g/mol. The van der Waals surface area contributed by atoms with Crippen molar-refractivity contribution in [3.05, 3.63) is 17.8 Å². The number of hydrogen-bond acceptors (Lipinski definition) is 4. The summed E-state index contributed by atoms with van der Waals surface area (Å²) in [5.74, 6) is 1.22. The molecule has 6 heteroatoms. The van der Waals surface area contributed by atoms with Gasteiger partial charge in [0.1, 0.15) is 5.60 Å². The van der Waals surface area contributed by atoms with Gasteiger partial charge in [-0.05, 0) is 45.7 Å². The number of aromatic nitrogens is 1. The number of ether oxygens (including phenoxy) is 2. The Balaban J connectivity index is 2.31. The van der Waals surface area contributed by atoms with Gasteiger partial charge in [-0.3, -0.25) is 4.90 Å². The Morgan fingerprint density at radius 1 is 1.48 bits per heavy atom. The third kappa shape index (κ3) is 4.46. The van der Waals surface area contributed by atoms with Gasteiger partial charge in [0.15, 0.2) is 11.6 Å². The molecule has 1 aliphatic heterocycles. The fraction of sp³-hybridized carbons (Fsp3) is 0.600. The Hall–Kier alpha value is -1.05. The minimum atomic E-state index is -0.524. The molecule has 0 aliphatic carbocycles. The van der Waals surface area contributed by atoms with Crippen molar-refractivity contribution in [1.29, 1.82) is 0 Å². The molecule has 0 radical (unpaired) electrons. The highest BCUT2D eigenvalue weighted by molar-refractivity contribution is 14.1. The number of halogens is 1. The number of amides is 1. The summed E-state index contributed by atoms with van der Waals surface area (Å²) >= 11 is 2.31. The van der Waals surface area contributed by atoms with Crippen LogP contribution in [0.25, 0.3) is 0 Å². The van der Waals surface area contributed by atoms with E-state index in [4.69, 9.17) is 9.47 Å². The first-order chi connectivity index (χ1) is 9.90. The quantitative estimate of drug-likeness (QED) is 0.559. The van der Waals surface area contributed by atoms with Crippen molar-refractivity contribution < 1.29 is 14.3 Å². The largest absolute Gasteiger partial charge is 0.490 e. The molecule has 0 N–H and O–H groups in total. The summed E-state index contributed by atoms with van der Waals surface area (Å²) in [4.78, 5) is 18.6. The Labute approximate surface area is 139 Å². The molecule has 0 atom stereocenters. The molecule has 0 aromatic carbocycles. The van der Waals surface area contributed by atoms with Gasteiger partial charge in [-0.25, -0.2) is 9.78 Å². The minimum Gasteiger partial charge on any atom is -0.490 e. The second-order valence-electron chi connectivity index (χ2n) is 5.90. The molecule has 0 bridgehead atoms. The zero-order chi connectivity index (χ0) is 15.5. The lowest BCUT2D eigenvalue weighted by molar-refractivity contribution is 0.0579. The highest BCUT2D eigenvalue weighted by Crippen LogP contribution is 2.30. The lowest BCUT2D eigenvalue weighted by Crippen LogP contribution is -2.37. The van der Waals surface area contributed by atoms with Crippen molar-refractivity contribution >= 4 is 34.5 Å². The number of fused-ring (bicyclic) bond motifs is 1. The van der Waals surface area contributed by atoms with E-state index in [1.807, 2.05) is 32.9 Å². The predicted octanol–water partition coefficient (Wildman–Crippen LogP) is 3.58. The van der Waals surface area contributed by atoms with E-state index < -0.39 is 5.60 Å². The van der Waals surface area contributed by atoms with Gasteiger partial charge in [0, 0.05) is 16.7 Å². The summed E-state index contributed by atoms with van der Waals surface area (Å²) in [6.07, 6.45) is 1.26. The van der Waals surface area contributed by atoms with E-state index in [-0.39, 0.29) is 6.09 Å². The fourth-order valence-corrected chi connectivity index (χ4v) is 2.57. The van der Waals surface area contributed by atoms with Crippen LogP contribution >= 0.6 is 22.6 Å². The topological polar surface area (TPSA) is 51.7 Å². The van der Waals surface area contributed by atoms with E-state index in [9.17, 15) is 4.79 Å². The van der Waals surface area contributed by atoms with Crippen LogP contribution in [0.2, 0.25) is 0 Å². The van der Waals surface area contributed by atoms with Gasteiger partial charge < -0.3 is 9.47 Å². The average Bonchev–Trinajstić information content (AvgIpc) is 2.59. The van der Waals surface area contributed by atoms with Gasteiger partial charge in [0.2, 0.25) is 0 Å². The lowest BCUT2D eigenvalue weighted by atomic mass is 10.2. The van der Waals surface area contributed by atoms with E-state index in [1.54, 1.807) is 4.90 Å². The van der Waals surface area contributed by atoms with E-state index >= 15 is 0 Å². The Bertz CT molecular complexity index is 514. The second-order valence-corrected chi connectivity index (χ2v) is 6.98. The summed E-state index contributed by atoms with van der Waals surface area (Å²) in [6, 6.07) is 3.85. The molecule has 0 unspecified atom stereocenters. The number of nitrogens with zero attached hydrogens (tertiary/aromatic N) is 2. The molecule has 0 spiro atoms. The Morgan fingerprint density at radius 3 is 2.90 bits per heavy atom. The van der Waals surface area contributed by atoms with Crippen molar-refractivity contribution in [2.75, 3.05) is 22.5 Å². The van der Waals surface area contributed by atoms with Crippen molar-refractivity contribution in [1.82, 2.24) is 4.98 Å².